The van der Waals surface area contributed by atoms with Crippen molar-refractivity contribution in [3.63, 3.8) is 0 Å². The number of benzene rings is 13. The summed E-state index contributed by atoms with van der Waals surface area (Å²) < 4.78 is 99.6. The van der Waals surface area contributed by atoms with Gasteiger partial charge >= 0.3 is 110 Å². The summed E-state index contributed by atoms with van der Waals surface area (Å²) in [6.07, 6.45) is 5.62. The Morgan fingerprint density at radius 2 is 0.808 bits per heavy atom. The third kappa shape index (κ3) is 39.6. The molecule has 18 rings (SSSR count). The van der Waals surface area contributed by atoms with Crippen LogP contribution in [0.1, 0.15) is 51.8 Å². The molecule has 146 heavy (non-hydrogen) atoms. The van der Waals surface area contributed by atoms with Crippen molar-refractivity contribution in [3.8, 4) is 40.1 Å². The van der Waals surface area contributed by atoms with Gasteiger partial charge in [0.05, 0.1) is 51.5 Å². The number of phenolic OH excluding ortho intramolecular Hbond substituents is 1. The van der Waals surface area contributed by atoms with E-state index in [4.69, 9.17) is 124 Å². The molecule has 5 heterocycles. The third-order valence-corrected chi connectivity index (χ3v) is 22.4. The van der Waals surface area contributed by atoms with E-state index < -0.39 is 17.0 Å². The smallest absolute Gasteiger partial charge is 1.00 e. The predicted octanol–water partition coefficient (Wildman–Crippen LogP) is 19.9. The van der Waals surface area contributed by atoms with Crippen LogP contribution >= 0.6 is 131 Å². The Balaban J connectivity index is 0.000000266. The van der Waals surface area contributed by atoms with Crippen molar-refractivity contribution in [2.45, 2.75) is 31.8 Å². The number of nitrogens with zero attached hydrogens (tertiary/aromatic N) is 8. The van der Waals surface area contributed by atoms with Gasteiger partial charge in [-0.3, -0.25) is 34.6 Å². The van der Waals surface area contributed by atoms with E-state index in [2.05, 4.69) is 111 Å². The molecule has 46 heteroatoms. The standard InChI is InChI=1S/C26H17ClFN3O3.C21H14ClFIN3O.C13H9ClFNO3.C13H11ClFNO.C8H4ClIN2.C7H6BrF.C6H4ClNO3.C5H5BO4.CH2O3.2K.H2.H/c27-22-12-19(5-8-25(22)33-14-16-2-1-3-18(28)10-16)31-26-21-11-17(4-7-23(21)29-15-30-26)24-9-6-20(13-32)34-24;22-18-10-16(5-7-20(18)28-11-13-2-1-3-14(23)8-13)27-21-17-9-15(24)4-6-19(17)25-12-26-21;14-12-7-11(16(17)18)4-5-13(12)19-8-9-2-1-3-10(15)6-9;14-12-7-11(16)4-5-13(12)17-8-9-2-1-3-10(15)6-9;9-8-6-3-5(10)1-2-7(6)11-4-12-8;8-5-6-2-1-3-7(9)4-6;7-5-3-4(8(10)11)1-2-6(5)9;7-3-4-1-2-5(10-4)6(8)9;2-1-4-3;;;;/h1-13,15H,14H2,(H,29,30,31);1-10,12H,11H2,(H,25,26,27);1-7H,8H2;1-7H,8,16H2;1-4H;1-4H,5H2;1-3,9H;1-3,8-9H;1,3H;;;1H;/q;;;;;;;;;2*+1;;-1/p-1. The number of alkyl halides is 1. The van der Waals surface area contributed by atoms with Gasteiger partial charge in [0.25, 0.3) is 17.8 Å². The number of rotatable bonds is 24. The first-order chi connectivity index (χ1) is 69.2. The molecule has 0 aliphatic rings. The van der Waals surface area contributed by atoms with Crippen LogP contribution in [0.5, 0.6) is 28.7 Å². The quantitative estimate of drug-likeness (QED) is 0.00313. The molecule has 0 saturated carbocycles. The summed E-state index contributed by atoms with van der Waals surface area (Å²) in [5.41, 5.74) is 14.4. The molecule has 0 fully saturated rings. The van der Waals surface area contributed by atoms with Gasteiger partial charge < -0.3 is 70.9 Å². The Hall–Kier alpha value is -11.0. The van der Waals surface area contributed by atoms with E-state index in [9.17, 15) is 51.8 Å². The second kappa shape index (κ2) is 62.3. The van der Waals surface area contributed by atoms with Crippen molar-refractivity contribution in [3.05, 3.63) is 436 Å². The average molecular weight is 2450 g/mol. The number of furan rings is 2. The van der Waals surface area contributed by atoms with Crippen molar-refractivity contribution in [2.24, 2.45) is 0 Å². The SMILES string of the molecule is Clc1ncnc2ccc(I)cc12.Fc1cccc(CBr)c1.Fc1cccc(COc2ccc(Nc3ncnc4ccc(I)cc34)cc2Cl)c1.Nc1ccc(OCc2cccc(F)c2)c(Cl)c1.O=CO[O-].O=Cc1ccc(-c2ccc3ncnc(Nc4ccc(OCc5cccc(F)c5)c(Cl)c4)c3c2)o1.O=Cc1ccc(B(O)O)o1.O=[N+]([O-])c1ccc(O)c(Cl)c1.O=[N+]([O-])c1ccc(OCc2cccc(F)c2)c(Cl)c1.[H-].[HH].[K+].[K+]. The Morgan fingerprint density at radius 1 is 0.438 bits per heavy atom. The fourth-order valence-corrected chi connectivity index (χ4v) is 14.6. The van der Waals surface area contributed by atoms with Crippen LogP contribution in [-0.2, 0) is 41.4 Å². The van der Waals surface area contributed by atoms with Crippen LogP contribution < -0.4 is 149 Å². The topological polar surface area (TPSA) is 421 Å². The average Bonchev–Trinajstić information content (AvgIpc) is 1.17. The molecule has 0 radical (unpaired) electrons. The molecule has 0 atom stereocenters. The van der Waals surface area contributed by atoms with Crippen molar-refractivity contribution in [1.82, 2.24) is 29.9 Å². The molecule has 0 unspecified atom stereocenters. The number of carbonyl (C=O) groups is 3. The number of ether oxygens (including phenoxy) is 4. The van der Waals surface area contributed by atoms with Gasteiger partial charge in [-0.25, -0.2) is 51.9 Å². The molecule has 7 N–H and O–H groups in total. The van der Waals surface area contributed by atoms with Crippen LogP contribution in [0.3, 0.4) is 0 Å². The normalized spacial score (nSPS) is 10.1. The summed E-state index contributed by atoms with van der Waals surface area (Å²) in [6.45, 7) is 0.651. The first kappa shape index (κ1) is 120. The van der Waals surface area contributed by atoms with Crippen molar-refractivity contribution in [1.29, 1.82) is 0 Å². The van der Waals surface area contributed by atoms with Gasteiger partial charge in [-0.05, 0) is 279 Å². The van der Waals surface area contributed by atoms with Gasteiger partial charge in [-0.1, -0.05) is 146 Å². The van der Waals surface area contributed by atoms with Crippen molar-refractivity contribution >= 4 is 235 Å². The van der Waals surface area contributed by atoms with Gasteiger partial charge in [0, 0.05) is 76.9 Å². The number of hydrogen-bond acceptors (Lipinski definition) is 27. The van der Waals surface area contributed by atoms with Gasteiger partial charge in [0.2, 0.25) is 0 Å². The molecule has 18 aromatic rings. The Bertz CT molecular complexity index is 7500. The summed E-state index contributed by atoms with van der Waals surface area (Å²) in [5, 5.41) is 66.7. The minimum Gasteiger partial charge on any atom is -1.00 e. The molecular formula is C100H74BBrCl6F5I2K2N11O18. The predicted molar refractivity (Wildman–Crippen MR) is 562 cm³/mol. The number of nitrogen functional groups attached to an aromatic ring is 1. The summed E-state index contributed by atoms with van der Waals surface area (Å²) in [4.78, 5) is 77.0. The second-order valence-electron chi connectivity index (χ2n) is 28.8. The van der Waals surface area contributed by atoms with E-state index >= 15 is 0 Å². The number of halogens is 14. The Morgan fingerprint density at radius 3 is 1.18 bits per heavy atom. The van der Waals surface area contributed by atoms with Crippen LogP contribution in [-0.4, -0.2) is 81.1 Å². The fourth-order valence-electron chi connectivity index (χ4n) is 12.0. The van der Waals surface area contributed by atoms with Crippen LogP contribution in [0.15, 0.2) is 319 Å². The molecular weight excluding hydrogens is 2370 g/mol. The molecule has 0 aliphatic carbocycles. The summed E-state index contributed by atoms with van der Waals surface area (Å²) in [5.74, 6) is 2.48. The monoisotopic (exact) mass is 2440 g/mol. The number of nitrogens with two attached hydrogens (primary N) is 1. The van der Waals surface area contributed by atoms with Gasteiger partial charge in [-0.15, -0.1) is 0 Å². The molecule has 0 amide bonds. The number of non-ortho nitro benzene ring substituents is 2. The maximum atomic E-state index is 13.4. The summed E-state index contributed by atoms with van der Waals surface area (Å²) in [6, 6.07) is 77.8. The maximum absolute atomic E-state index is 13.4. The van der Waals surface area contributed by atoms with Crippen molar-refractivity contribution < 1.29 is 205 Å². The number of nitrogens with one attached hydrogen (secondary N) is 2. The fraction of sp³-hybridized carbons (Fsp3) is 0.0500. The zero-order chi connectivity index (χ0) is 104. The van der Waals surface area contributed by atoms with Crippen LogP contribution in [0, 0.1) is 56.5 Å². The number of anilines is 5. The molecule has 0 saturated heterocycles. The Kier molecular flexibility index (Phi) is 51.3. The van der Waals surface area contributed by atoms with Gasteiger partial charge in [0.1, 0.15) is 131 Å². The number of aldehydes is 2. The van der Waals surface area contributed by atoms with E-state index in [1.54, 1.807) is 109 Å². The summed E-state index contributed by atoms with van der Waals surface area (Å²) in [7, 11) is -1.64. The minimum atomic E-state index is -1.64. The van der Waals surface area contributed by atoms with E-state index in [0.29, 0.717) is 101 Å². The van der Waals surface area contributed by atoms with Crippen LogP contribution in [0.4, 0.5) is 62.0 Å². The zero-order valence-electron chi connectivity index (χ0n) is 76.7. The molecule has 29 nitrogen and oxygen atoms in total. The van der Waals surface area contributed by atoms with Gasteiger partial charge in [0.15, 0.2) is 24.1 Å². The number of nitro benzene ring substituents is 2. The van der Waals surface area contributed by atoms with Gasteiger partial charge in [-0.2, -0.15) is 0 Å². The molecule has 740 valence electrons. The summed E-state index contributed by atoms with van der Waals surface area (Å²) >= 11 is 43.6. The third-order valence-electron chi connectivity index (χ3n) is 18.7. The second-order valence-corrected chi connectivity index (χ2v) is 34.3. The number of phenols is 1. The first-order valence-electron chi connectivity index (χ1n) is 41.2. The largest absolute Gasteiger partial charge is 1.00 e. The molecule has 5 aromatic heterocycles. The van der Waals surface area contributed by atoms with Crippen LogP contribution in [0.2, 0.25) is 30.3 Å². The van der Waals surface area contributed by atoms with E-state index in [-0.39, 0.29) is 212 Å². The zero-order valence-corrected chi connectivity index (χ0v) is 92.4. The molecule has 13 aromatic carbocycles. The number of aromatic hydroxyl groups is 1. The minimum absolute atomic E-state index is 0. The Labute approximate surface area is 982 Å². The van der Waals surface area contributed by atoms with Crippen molar-refractivity contribution in [2.75, 3.05) is 16.4 Å². The number of hydrogen-bond donors (Lipinski definition) is 6. The number of carbonyl (C=O) groups excluding carboxylic acids is 3. The number of aromatic nitrogens is 6. The van der Waals surface area contributed by atoms with Crippen LogP contribution in [0.25, 0.3) is 44.0 Å². The maximum Gasteiger partial charge on any atom is 1.00 e. The number of nitro groups is 2. The number of fused-ring (bicyclic) bond motifs is 3. The first-order valence-corrected chi connectivity index (χ1v) is 46.7. The molecule has 0 bridgehead atoms. The molecule has 0 aliphatic heterocycles. The molecule has 0 spiro atoms. The van der Waals surface area contributed by atoms with E-state index in [1.165, 1.54) is 122 Å². The van der Waals surface area contributed by atoms with E-state index in [0.717, 1.165) is 73.9 Å². The van der Waals surface area contributed by atoms with E-state index in [1.807, 2.05) is 72.8 Å².